The van der Waals surface area contributed by atoms with Crippen molar-refractivity contribution in [1.29, 1.82) is 0 Å². The van der Waals surface area contributed by atoms with Gasteiger partial charge in [0, 0.05) is 80.0 Å². The second-order valence-electron chi connectivity index (χ2n) is 12.0. The van der Waals surface area contributed by atoms with Crippen LogP contribution in [0.3, 0.4) is 0 Å². The van der Waals surface area contributed by atoms with Crippen molar-refractivity contribution in [2.24, 2.45) is 17.8 Å². The van der Waals surface area contributed by atoms with Crippen LogP contribution in [0.25, 0.3) is 29.9 Å². The number of Topliss-reactive ketones (excluding diaryl/α,β-unsaturated/α-hetero) is 1. The van der Waals surface area contributed by atoms with E-state index in [0.717, 1.165) is 79.1 Å². The molecule has 218 valence electrons. The van der Waals surface area contributed by atoms with Crippen molar-refractivity contribution < 1.29 is 14.3 Å². The predicted octanol–water partition coefficient (Wildman–Crippen LogP) is 5.17. The van der Waals surface area contributed by atoms with Crippen LogP contribution in [0.4, 0.5) is 0 Å². The van der Waals surface area contributed by atoms with Gasteiger partial charge in [-0.05, 0) is 74.1 Å². The monoisotopic (exact) mass is 564 g/mol. The van der Waals surface area contributed by atoms with E-state index >= 15 is 0 Å². The molecule has 1 aliphatic carbocycles. The van der Waals surface area contributed by atoms with E-state index in [9.17, 15) is 9.59 Å². The highest BCUT2D eigenvalue weighted by atomic mass is 16.5. The first-order chi connectivity index (χ1) is 20.1. The summed E-state index contributed by atoms with van der Waals surface area (Å²) in [6.45, 7) is 16.8. The predicted molar refractivity (Wildman–Crippen MR) is 168 cm³/mol. The Morgan fingerprint density at radius 2 is 1.69 bits per heavy atom. The van der Waals surface area contributed by atoms with Gasteiger partial charge < -0.3 is 25.0 Å². The highest BCUT2D eigenvalue weighted by Crippen LogP contribution is 2.47. The molecule has 3 aliphatic rings. The zero-order valence-electron chi connectivity index (χ0n) is 25.6. The maximum absolute atomic E-state index is 13.8. The SMILES string of the molecule is C=Cc1c2[nH]c(c1C)/C=C1\N/C(=C3\c4[nH]c(c(C)c4C(=O)[C@@H]3C)/C=c3\[nH]/c(c(C)c3CC)=C\2)[C@@H](CCC(=O)OC)[C@@H]1C. The van der Waals surface area contributed by atoms with Crippen LogP contribution in [0.15, 0.2) is 18.0 Å². The number of esters is 1. The summed E-state index contributed by atoms with van der Waals surface area (Å²) in [4.78, 5) is 37.0. The van der Waals surface area contributed by atoms with Gasteiger partial charge in [-0.2, -0.15) is 0 Å². The van der Waals surface area contributed by atoms with Gasteiger partial charge in [0.15, 0.2) is 5.78 Å². The van der Waals surface area contributed by atoms with Crippen molar-refractivity contribution in [3.8, 4) is 0 Å². The molecule has 42 heavy (non-hydrogen) atoms. The van der Waals surface area contributed by atoms with E-state index in [-0.39, 0.29) is 29.5 Å². The number of nitrogens with one attached hydrogen (secondary N) is 4. The van der Waals surface area contributed by atoms with Crippen LogP contribution < -0.4 is 16.0 Å². The number of fused-ring (bicyclic) bond motifs is 7. The minimum atomic E-state index is -0.293. The molecular weight excluding hydrogens is 524 g/mol. The van der Waals surface area contributed by atoms with Crippen LogP contribution in [-0.4, -0.2) is 33.8 Å². The minimum Gasteiger partial charge on any atom is -0.469 e. The van der Waals surface area contributed by atoms with Crippen molar-refractivity contribution in [2.45, 2.75) is 60.8 Å². The third kappa shape index (κ3) is 4.09. The number of allylic oxidation sites excluding steroid dienone is 3. The number of rotatable bonds is 5. The van der Waals surface area contributed by atoms with Crippen LogP contribution >= 0.6 is 0 Å². The van der Waals surface area contributed by atoms with E-state index in [0.29, 0.717) is 12.8 Å². The molecule has 0 saturated carbocycles. The first kappa shape index (κ1) is 27.9. The van der Waals surface area contributed by atoms with Crippen molar-refractivity contribution in [3.63, 3.8) is 0 Å². The van der Waals surface area contributed by atoms with Crippen molar-refractivity contribution in [1.82, 2.24) is 20.3 Å². The maximum Gasteiger partial charge on any atom is 0.305 e. The van der Waals surface area contributed by atoms with Gasteiger partial charge in [-0.1, -0.05) is 33.4 Å². The smallest absolute Gasteiger partial charge is 0.305 e. The second kappa shape index (κ2) is 10.2. The zero-order chi connectivity index (χ0) is 30.0. The Bertz CT molecular complexity index is 1860. The third-order valence-corrected chi connectivity index (χ3v) is 9.81. The molecule has 3 atom stereocenters. The molecule has 7 nitrogen and oxygen atoms in total. The van der Waals surface area contributed by atoms with Gasteiger partial charge in [0.05, 0.1) is 12.8 Å². The second-order valence-corrected chi connectivity index (χ2v) is 12.0. The Morgan fingerprint density at radius 3 is 2.38 bits per heavy atom. The molecule has 5 heterocycles. The topological polar surface area (TPSA) is 103 Å². The molecule has 0 unspecified atom stereocenters. The summed E-state index contributed by atoms with van der Waals surface area (Å²) < 4.78 is 4.99. The van der Waals surface area contributed by atoms with Crippen LogP contribution in [0.5, 0.6) is 0 Å². The maximum atomic E-state index is 13.8. The van der Waals surface area contributed by atoms with Gasteiger partial charge in [0.1, 0.15) is 0 Å². The fourth-order valence-corrected chi connectivity index (χ4v) is 7.25. The summed E-state index contributed by atoms with van der Waals surface area (Å²) in [6.07, 6.45) is 10.2. The molecule has 2 aliphatic heterocycles. The molecule has 3 aromatic heterocycles. The molecule has 1 saturated heterocycles. The highest BCUT2D eigenvalue weighted by molar-refractivity contribution is 6.15. The lowest BCUT2D eigenvalue weighted by Gasteiger charge is -2.18. The quantitative estimate of drug-likeness (QED) is 0.321. The number of aromatic nitrogens is 3. The van der Waals surface area contributed by atoms with E-state index in [1.54, 1.807) is 0 Å². The Labute approximate surface area is 246 Å². The van der Waals surface area contributed by atoms with Gasteiger partial charge in [0.2, 0.25) is 0 Å². The molecule has 0 aromatic carbocycles. The minimum absolute atomic E-state index is 0.0262. The molecule has 0 radical (unpaired) electrons. The van der Waals surface area contributed by atoms with Crippen LogP contribution in [-0.2, 0) is 16.0 Å². The molecule has 8 bridgehead atoms. The summed E-state index contributed by atoms with van der Waals surface area (Å²) in [7, 11) is 1.43. The molecular formula is C35H40N4O3. The largest absolute Gasteiger partial charge is 0.469 e. The Morgan fingerprint density at radius 1 is 0.976 bits per heavy atom. The normalized spacial score (nSPS) is 25.3. The van der Waals surface area contributed by atoms with Crippen molar-refractivity contribution in [2.75, 3.05) is 7.11 Å². The fraction of sp³-hybridized carbons (Fsp3) is 0.371. The summed E-state index contributed by atoms with van der Waals surface area (Å²) in [6, 6.07) is 0. The zero-order valence-corrected chi connectivity index (χ0v) is 25.6. The van der Waals surface area contributed by atoms with Crippen LogP contribution in [0.1, 0.15) is 94.6 Å². The first-order valence-corrected chi connectivity index (χ1v) is 14.9. The Balaban J connectivity index is 1.69. The lowest BCUT2D eigenvalue weighted by atomic mass is 9.85. The van der Waals surface area contributed by atoms with E-state index in [4.69, 9.17) is 4.74 Å². The Hall–Kier alpha value is -4.26. The number of H-pyrrole nitrogens is 3. The average Bonchev–Trinajstić information content (AvgIpc) is 3.69. The summed E-state index contributed by atoms with van der Waals surface area (Å²) in [5.74, 6) is -0.261. The van der Waals surface area contributed by atoms with Crippen LogP contribution in [0, 0.1) is 38.5 Å². The van der Waals surface area contributed by atoms with Crippen molar-refractivity contribution >= 4 is 41.6 Å². The highest BCUT2D eigenvalue weighted by Gasteiger charge is 2.43. The number of ketones is 1. The number of carbonyl (C=O) groups excluding carboxylic acids is 2. The van der Waals surface area contributed by atoms with Gasteiger partial charge >= 0.3 is 5.97 Å². The molecule has 1 fully saturated rings. The number of hydrogen-bond acceptors (Lipinski definition) is 4. The summed E-state index contributed by atoms with van der Waals surface area (Å²) >= 11 is 0. The molecule has 4 N–H and O–H groups in total. The Kier molecular flexibility index (Phi) is 6.79. The number of ether oxygens (including phenoxy) is 1. The molecule has 0 spiro atoms. The summed E-state index contributed by atoms with van der Waals surface area (Å²) in [5, 5.41) is 5.85. The van der Waals surface area contributed by atoms with E-state index in [1.807, 2.05) is 19.9 Å². The molecule has 0 amide bonds. The average molecular weight is 565 g/mol. The van der Waals surface area contributed by atoms with Gasteiger partial charge in [-0.3, -0.25) is 9.59 Å². The number of methoxy groups -OCH3 is 1. The van der Waals surface area contributed by atoms with Gasteiger partial charge in [-0.15, -0.1) is 0 Å². The molecule has 3 aromatic rings. The third-order valence-electron chi connectivity index (χ3n) is 9.81. The lowest BCUT2D eigenvalue weighted by Crippen LogP contribution is -2.16. The van der Waals surface area contributed by atoms with Gasteiger partial charge in [0.25, 0.3) is 0 Å². The van der Waals surface area contributed by atoms with Crippen LogP contribution in [0.2, 0.25) is 0 Å². The van der Waals surface area contributed by atoms with Gasteiger partial charge in [-0.25, -0.2) is 0 Å². The standard InChI is InChI=1S/C35H40N4O3/c1-9-21-16(3)24-13-26-18(5)23(11-12-30(40)42-8)33(38-26)31-20(7)35(41)32-19(6)27(39-34(31)32)15-29-22(10-2)17(4)25(37-29)14-28(21)36-24/h9,13-15,18,20,23,36-39H,1,10-12H2,2-8H3/b25-14-,26-13-,29-15-,33-31-/t18-,20+,23-/m0/s1. The number of aromatic amines is 3. The summed E-state index contributed by atoms with van der Waals surface area (Å²) in [5.41, 5.74) is 13.3. The number of carbonyl (C=O) groups is 2. The fourth-order valence-electron chi connectivity index (χ4n) is 7.25. The van der Waals surface area contributed by atoms with E-state index in [1.165, 1.54) is 18.2 Å². The first-order valence-electron chi connectivity index (χ1n) is 14.9. The lowest BCUT2D eigenvalue weighted by molar-refractivity contribution is -0.140. The number of hydrogen-bond donors (Lipinski definition) is 4. The van der Waals surface area contributed by atoms with Crippen molar-refractivity contribution in [3.05, 3.63) is 84.8 Å². The van der Waals surface area contributed by atoms with E-state index in [2.05, 4.69) is 72.8 Å². The molecule has 7 heteroatoms. The molecule has 6 rings (SSSR count). The van der Waals surface area contributed by atoms with E-state index < -0.39 is 0 Å².